The molecule has 1 aromatic heterocycles. The van der Waals surface area contributed by atoms with E-state index in [1.165, 1.54) is 4.90 Å². The molecular weight excluding hydrogens is 218 g/mol. The van der Waals surface area contributed by atoms with E-state index in [-0.39, 0.29) is 5.91 Å². The molecule has 0 N–H and O–H groups in total. The Morgan fingerprint density at radius 1 is 1.24 bits per heavy atom. The molecule has 0 radical (unpaired) electrons. The summed E-state index contributed by atoms with van der Waals surface area (Å²) in [6.07, 6.45) is 0. The van der Waals surface area contributed by atoms with Gasteiger partial charge < -0.3 is 9.42 Å². The molecule has 1 amide bonds. The molecule has 0 aliphatic carbocycles. The van der Waals surface area contributed by atoms with Crippen LogP contribution in [-0.2, 0) is 0 Å². The van der Waals surface area contributed by atoms with Gasteiger partial charge in [-0.1, -0.05) is 5.16 Å². The smallest absolute Gasteiger partial charge is 0.257 e. The average molecular weight is 231 g/mol. The molecule has 2 rings (SSSR count). The second-order valence-corrected chi connectivity index (χ2v) is 3.92. The third-order valence-electron chi connectivity index (χ3n) is 2.31. The van der Waals surface area contributed by atoms with Gasteiger partial charge in [0.2, 0.25) is 0 Å². The van der Waals surface area contributed by atoms with Gasteiger partial charge in [0.05, 0.1) is 0 Å². The average Bonchev–Trinajstić information content (AvgIpc) is 2.75. The Kier molecular flexibility index (Phi) is 2.91. The molecule has 0 saturated heterocycles. The van der Waals surface area contributed by atoms with E-state index in [2.05, 4.69) is 10.1 Å². The van der Waals surface area contributed by atoms with Crippen molar-refractivity contribution in [2.75, 3.05) is 14.1 Å². The van der Waals surface area contributed by atoms with Crippen LogP contribution in [0.5, 0.6) is 0 Å². The first-order valence-corrected chi connectivity index (χ1v) is 5.20. The quantitative estimate of drug-likeness (QED) is 0.790. The normalized spacial score (nSPS) is 10.3. The van der Waals surface area contributed by atoms with Crippen molar-refractivity contribution in [3.8, 4) is 11.5 Å². The van der Waals surface area contributed by atoms with E-state index in [0.29, 0.717) is 17.3 Å². The summed E-state index contributed by atoms with van der Waals surface area (Å²) in [5.41, 5.74) is 1.44. The lowest BCUT2D eigenvalue weighted by atomic mass is 10.1. The van der Waals surface area contributed by atoms with Gasteiger partial charge in [0, 0.05) is 25.2 Å². The topological polar surface area (TPSA) is 59.2 Å². The van der Waals surface area contributed by atoms with Crippen molar-refractivity contribution in [2.45, 2.75) is 6.92 Å². The van der Waals surface area contributed by atoms with Crippen molar-refractivity contribution in [3.05, 3.63) is 35.7 Å². The summed E-state index contributed by atoms with van der Waals surface area (Å²) in [6.45, 7) is 1.76. The minimum atomic E-state index is -0.0294. The minimum Gasteiger partial charge on any atom is -0.345 e. The first-order valence-electron chi connectivity index (χ1n) is 5.20. The maximum Gasteiger partial charge on any atom is 0.257 e. The highest BCUT2D eigenvalue weighted by molar-refractivity contribution is 5.94. The Labute approximate surface area is 99.1 Å². The number of aromatic nitrogens is 2. The molecular formula is C12H13N3O2. The van der Waals surface area contributed by atoms with Crippen LogP contribution in [0.1, 0.15) is 16.2 Å². The monoisotopic (exact) mass is 231 g/mol. The lowest BCUT2D eigenvalue weighted by Gasteiger charge is -2.09. The number of nitrogens with zero attached hydrogens (tertiary/aromatic N) is 3. The van der Waals surface area contributed by atoms with Crippen LogP contribution in [0.25, 0.3) is 11.5 Å². The molecule has 0 unspecified atom stereocenters. The number of amides is 1. The zero-order valence-corrected chi connectivity index (χ0v) is 9.97. The minimum absolute atomic E-state index is 0.0294. The highest BCUT2D eigenvalue weighted by atomic mass is 16.5. The third kappa shape index (κ3) is 2.33. The van der Waals surface area contributed by atoms with Gasteiger partial charge in [-0.05, 0) is 31.2 Å². The zero-order chi connectivity index (χ0) is 12.4. The summed E-state index contributed by atoms with van der Waals surface area (Å²) in [7, 11) is 3.44. The first-order chi connectivity index (χ1) is 8.08. The van der Waals surface area contributed by atoms with Gasteiger partial charge in [0.25, 0.3) is 11.8 Å². The first kappa shape index (κ1) is 11.3. The predicted octanol–water partition coefficient (Wildman–Crippen LogP) is 1.75. The standard InChI is InChI=1S/C12H13N3O2/c1-8-13-11(17-14-8)9-4-6-10(7-5-9)12(16)15(2)3/h4-7H,1-3H3. The van der Waals surface area contributed by atoms with E-state index in [4.69, 9.17) is 4.52 Å². The molecule has 2 aromatic rings. The Morgan fingerprint density at radius 2 is 1.88 bits per heavy atom. The van der Waals surface area contributed by atoms with Gasteiger partial charge in [0.15, 0.2) is 5.82 Å². The van der Waals surface area contributed by atoms with Crippen LogP contribution in [0, 0.1) is 6.92 Å². The second-order valence-electron chi connectivity index (χ2n) is 3.92. The lowest BCUT2D eigenvalue weighted by molar-refractivity contribution is 0.0827. The van der Waals surface area contributed by atoms with Gasteiger partial charge in [-0.15, -0.1) is 0 Å². The highest BCUT2D eigenvalue weighted by Crippen LogP contribution is 2.17. The molecule has 0 aliphatic rings. The van der Waals surface area contributed by atoms with Crippen LogP contribution in [0.3, 0.4) is 0 Å². The van der Waals surface area contributed by atoms with E-state index in [1.54, 1.807) is 45.3 Å². The molecule has 0 bridgehead atoms. The highest BCUT2D eigenvalue weighted by Gasteiger charge is 2.10. The number of hydrogen-bond acceptors (Lipinski definition) is 4. The number of aryl methyl sites for hydroxylation is 1. The number of benzene rings is 1. The summed E-state index contributed by atoms with van der Waals surface area (Å²) in [5, 5.41) is 3.72. The van der Waals surface area contributed by atoms with E-state index < -0.39 is 0 Å². The molecule has 1 heterocycles. The molecule has 1 aromatic carbocycles. The molecule has 0 spiro atoms. The van der Waals surface area contributed by atoms with Gasteiger partial charge in [0.1, 0.15) is 0 Å². The van der Waals surface area contributed by atoms with Crippen molar-refractivity contribution in [2.24, 2.45) is 0 Å². The fourth-order valence-electron chi connectivity index (χ4n) is 1.43. The van der Waals surface area contributed by atoms with Crippen LogP contribution >= 0.6 is 0 Å². The Balaban J connectivity index is 2.27. The Morgan fingerprint density at radius 3 is 2.35 bits per heavy atom. The number of hydrogen-bond donors (Lipinski definition) is 0. The van der Waals surface area contributed by atoms with Crippen LogP contribution < -0.4 is 0 Å². The van der Waals surface area contributed by atoms with Gasteiger partial charge in [-0.2, -0.15) is 4.98 Å². The van der Waals surface area contributed by atoms with Crippen LogP contribution in [0.4, 0.5) is 0 Å². The van der Waals surface area contributed by atoms with E-state index in [1.807, 2.05) is 0 Å². The van der Waals surface area contributed by atoms with Gasteiger partial charge in [-0.25, -0.2) is 0 Å². The summed E-state index contributed by atoms with van der Waals surface area (Å²) < 4.78 is 5.04. The van der Waals surface area contributed by atoms with Crippen LogP contribution in [-0.4, -0.2) is 35.0 Å². The number of carbonyl (C=O) groups excluding carboxylic acids is 1. The van der Waals surface area contributed by atoms with Gasteiger partial charge in [-0.3, -0.25) is 4.79 Å². The van der Waals surface area contributed by atoms with Crippen molar-refractivity contribution in [1.82, 2.24) is 15.0 Å². The fourth-order valence-corrected chi connectivity index (χ4v) is 1.43. The van der Waals surface area contributed by atoms with E-state index >= 15 is 0 Å². The van der Waals surface area contributed by atoms with Crippen molar-refractivity contribution >= 4 is 5.91 Å². The summed E-state index contributed by atoms with van der Waals surface area (Å²) in [6, 6.07) is 7.09. The molecule has 0 fully saturated rings. The molecule has 0 aliphatic heterocycles. The second kappa shape index (κ2) is 4.37. The Bertz CT molecular complexity index is 529. The van der Waals surface area contributed by atoms with Crippen molar-refractivity contribution in [3.63, 3.8) is 0 Å². The summed E-state index contributed by atoms with van der Waals surface area (Å²) >= 11 is 0. The van der Waals surface area contributed by atoms with Crippen molar-refractivity contribution < 1.29 is 9.32 Å². The fraction of sp³-hybridized carbons (Fsp3) is 0.250. The number of carbonyl (C=O) groups is 1. The number of rotatable bonds is 2. The van der Waals surface area contributed by atoms with Crippen LogP contribution in [0.2, 0.25) is 0 Å². The lowest BCUT2D eigenvalue weighted by Crippen LogP contribution is -2.21. The molecule has 17 heavy (non-hydrogen) atoms. The van der Waals surface area contributed by atoms with Crippen molar-refractivity contribution in [1.29, 1.82) is 0 Å². The largest absolute Gasteiger partial charge is 0.345 e. The molecule has 88 valence electrons. The Hall–Kier alpha value is -2.17. The molecule has 5 heteroatoms. The molecule has 5 nitrogen and oxygen atoms in total. The van der Waals surface area contributed by atoms with Gasteiger partial charge >= 0.3 is 0 Å². The maximum atomic E-state index is 11.7. The summed E-state index contributed by atoms with van der Waals surface area (Å²) in [5.74, 6) is 1.03. The summed E-state index contributed by atoms with van der Waals surface area (Å²) in [4.78, 5) is 17.3. The van der Waals surface area contributed by atoms with Crippen LogP contribution in [0.15, 0.2) is 28.8 Å². The predicted molar refractivity (Wildman–Crippen MR) is 62.5 cm³/mol. The molecule has 0 atom stereocenters. The SMILES string of the molecule is Cc1noc(-c2ccc(C(=O)N(C)C)cc2)n1. The third-order valence-corrected chi connectivity index (χ3v) is 2.31. The van der Waals surface area contributed by atoms with E-state index in [0.717, 1.165) is 5.56 Å². The maximum absolute atomic E-state index is 11.7. The molecule has 0 saturated carbocycles. The zero-order valence-electron chi connectivity index (χ0n) is 9.97. The van der Waals surface area contributed by atoms with E-state index in [9.17, 15) is 4.79 Å².